The summed E-state index contributed by atoms with van der Waals surface area (Å²) in [6.45, 7) is 3.82. The number of nitrogens with two attached hydrogens (primary N) is 1. The van der Waals surface area contributed by atoms with Gasteiger partial charge in [-0.3, -0.25) is 28.8 Å². The van der Waals surface area contributed by atoms with Crippen LogP contribution in [0.15, 0.2) is 86.4 Å². The molecular weight excluding hydrogens is 713 g/mol. The van der Waals surface area contributed by atoms with Crippen molar-refractivity contribution in [1.82, 2.24) is 30.4 Å². The molecule has 1 amide bonds. The zero-order valence-electron chi connectivity index (χ0n) is 28.3. The standard InChI is InChI=1S/2C12H10N2O4.C11H8FN3O3/c2*1-7-2-4-8(5-3-7)11(17)12-13-9(18-14-12)6-10(15)16;12-7-3-1-6(2-4-7)10(17)11-14-9(18-15-11)5-8(13)16/h2*2-5H,6H2,1H3,(H,15,16);1-4H,5H2,(H2,13,16). The molecule has 0 aliphatic heterocycles. The largest absolute Gasteiger partial charge is 0.481 e. The summed E-state index contributed by atoms with van der Waals surface area (Å²) in [4.78, 5) is 78.4. The van der Waals surface area contributed by atoms with Crippen molar-refractivity contribution in [1.29, 1.82) is 0 Å². The van der Waals surface area contributed by atoms with Crippen LogP contribution in [-0.4, -0.2) is 75.8 Å². The fraction of sp³-hybridized carbons (Fsp3) is 0.143. The molecule has 0 fully saturated rings. The highest BCUT2D eigenvalue weighted by molar-refractivity contribution is 6.07. The Bertz CT molecular complexity index is 2020. The molecule has 0 saturated carbocycles. The third kappa shape index (κ3) is 11.5. The van der Waals surface area contributed by atoms with E-state index in [0.29, 0.717) is 11.1 Å². The van der Waals surface area contributed by atoms with Crippen molar-refractivity contribution in [3.63, 3.8) is 0 Å². The number of halogens is 1. The molecule has 19 heteroatoms. The van der Waals surface area contributed by atoms with Crippen LogP contribution in [0, 0.1) is 19.7 Å². The number of benzene rings is 3. The van der Waals surface area contributed by atoms with Crippen molar-refractivity contribution >= 4 is 35.2 Å². The normalized spacial score (nSPS) is 10.3. The van der Waals surface area contributed by atoms with Crippen LogP contribution in [0.4, 0.5) is 4.39 Å². The van der Waals surface area contributed by atoms with Crippen molar-refractivity contribution in [3.05, 3.63) is 142 Å². The van der Waals surface area contributed by atoms with Crippen LogP contribution in [0.2, 0.25) is 0 Å². The van der Waals surface area contributed by atoms with Crippen molar-refractivity contribution in [3.8, 4) is 0 Å². The number of carbonyl (C=O) groups excluding carboxylic acids is 4. The molecule has 54 heavy (non-hydrogen) atoms. The van der Waals surface area contributed by atoms with E-state index in [4.69, 9.17) is 15.9 Å². The van der Waals surface area contributed by atoms with Gasteiger partial charge >= 0.3 is 11.9 Å². The maximum Gasteiger partial charge on any atom is 0.312 e. The molecular formula is C35H28FN7O11. The van der Waals surface area contributed by atoms with E-state index in [9.17, 15) is 33.2 Å². The van der Waals surface area contributed by atoms with E-state index in [1.807, 2.05) is 13.8 Å². The van der Waals surface area contributed by atoms with Gasteiger partial charge < -0.3 is 29.5 Å². The van der Waals surface area contributed by atoms with Crippen LogP contribution < -0.4 is 5.73 Å². The molecule has 0 atom stereocenters. The monoisotopic (exact) mass is 741 g/mol. The number of aryl methyl sites for hydroxylation is 2. The highest BCUT2D eigenvalue weighted by Crippen LogP contribution is 2.12. The molecule has 0 unspecified atom stereocenters. The molecule has 0 radical (unpaired) electrons. The fourth-order valence-corrected chi connectivity index (χ4v) is 4.06. The Kier molecular flexibility index (Phi) is 13.1. The molecule has 0 saturated heterocycles. The number of hydrogen-bond donors (Lipinski definition) is 3. The first kappa shape index (κ1) is 39.2. The van der Waals surface area contributed by atoms with E-state index >= 15 is 0 Å². The SMILES string of the molecule is Cc1ccc(C(=O)c2noc(CC(=O)O)n2)cc1.Cc1ccc(C(=O)c2noc(CC(=O)O)n2)cc1.NC(=O)Cc1nc(C(=O)c2ccc(F)cc2)no1. The summed E-state index contributed by atoms with van der Waals surface area (Å²) in [5, 5.41) is 27.5. The van der Waals surface area contributed by atoms with Gasteiger partial charge in [-0.05, 0) is 38.1 Å². The summed E-state index contributed by atoms with van der Waals surface area (Å²) in [5.41, 5.74) is 8.10. The number of aliphatic carboxylic acids is 2. The lowest BCUT2D eigenvalue weighted by molar-refractivity contribution is -0.137. The lowest BCUT2D eigenvalue weighted by atomic mass is 10.1. The van der Waals surface area contributed by atoms with Gasteiger partial charge in [0, 0.05) is 16.7 Å². The highest BCUT2D eigenvalue weighted by Gasteiger charge is 2.20. The molecule has 18 nitrogen and oxygen atoms in total. The molecule has 3 heterocycles. The number of rotatable bonds is 12. The number of carboxylic acid groups (broad SMARTS) is 2. The first-order valence-corrected chi connectivity index (χ1v) is 15.4. The number of primary amides is 1. The van der Waals surface area contributed by atoms with Crippen molar-refractivity contribution < 1.29 is 56.9 Å². The predicted molar refractivity (Wildman–Crippen MR) is 178 cm³/mol. The molecule has 276 valence electrons. The minimum Gasteiger partial charge on any atom is -0.481 e. The number of hydrogen-bond acceptors (Lipinski definition) is 15. The van der Waals surface area contributed by atoms with Crippen molar-refractivity contribution in [2.75, 3.05) is 0 Å². The molecule has 0 aliphatic rings. The minimum atomic E-state index is -1.09. The Morgan fingerprint density at radius 1 is 0.537 bits per heavy atom. The number of carboxylic acids is 2. The number of carbonyl (C=O) groups is 6. The van der Waals surface area contributed by atoms with Crippen LogP contribution in [0.5, 0.6) is 0 Å². The second-order valence-corrected chi connectivity index (χ2v) is 11.0. The van der Waals surface area contributed by atoms with Gasteiger partial charge in [0.2, 0.25) is 58.4 Å². The second kappa shape index (κ2) is 18.1. The molecule has 0 spiro atoms. The van der Waals surface area contributed by atoms with Gasteiger partial charge in [-0.15, -0.1) is 0 Å². The topological polar surface area (TPSA) is 286 Å². The maximum absolute atomic E-state index is 12.7. The van der Waals surface area contributed by atoms with Crippen molar-refractivity contribution in [2.45, 2.75) is 33.1 Å². The van der Waals surface area contributed by atoms with Crippen LogP contribution in [0.3, 0.4) is 0 Å². The molecule has 0 aliphatic carbocycles. The summed E-state index contributed by atoms with van der Waals surface area (Å²) < 4.78 is 26.7. The number of ketones is 3. The van der Waals surface area contributed by atoms with Gasteiger partial charge in [0.15, 0.2) is 0 Å². The first-order chi connectivity index (χ1) is 25.7. The van der Waals surface area contributed by atoms with E-state index in [0.717, 1.165) is 23.3 Å². The van der Waals surface area contributed by atoms with Crippen LogP contribution in [0.1, 0.15) is 77.3 Å². The lowest BCUT2D eigenvalue weighted by Crippen LogP contribution is -2.14. The molecule has 4 N–H and O–H groups in total. The van der Waals surface area contributed by atoms with Gasteiger partial charge in [-0.1, -0.05) is 75.1 Å². The summed E-state index contributed by atoms with van der Waals surface area (Å²) in [5.74, 6) is -5.23. The van der Waals surface area contributed by atoms with Gasteiger partial charge in [-0.25, -0.2) is 4.39 Å². The van der Waals surface area contributed by atoms with E-state index in [2.05, 4.69) is 44.0 Å². The molecule has 3 aromatic heterocycles. The Morgan fingerprint density at radius 3 is 1.13 bits per heavy atom. The van der Waals surface area contributed by atoms with Gasteiger partial charge in [0.1, 0.15) is 25.1 Å². The van der Waals surface area contributed by atoms with E-state index in [-0.39, 0.29) is 47.1 Å². The number of nitrogens with zero attached hydrogens (tertiary/aromatic N) is 6. The van der Waals surface area contributed by atoms with E-state index < -0.39 is 53.9 Å². The predicted octanol–water partition coefficient (Wildman–Crippen LogP) is 2.94. The van der Waals surface area contributed by atoms with Crippen LogP contribution >= 0.6 is 0 Å². The van der Waals surface area contributed by atoms with Crippen LogP contribution in [-0.2, 0) is 33.6 Å². The van der Waals surface area contributed by atoms with E-state index in [1.54, 1.807) is 48.5 Å². The Hall–Kier alpha value is -7.57. The zero-order chi connectivity index (χ0) is 39.4. The van der Waals surface area contributed by atoms with Crippen LogP contribution in [0.25, 0.3) is 0 Å². The molecule has 0 bridgehead atoms. The summed E-state index contributed by atoms with van der Waals surface area (Å²) in [6.07, 6.45) is -1.02. The Morgan fingerprint density at radius 2 is 0.833 bits per heavy atom. The van der Waals surface area contributed by atoms with Gasteiger partial charge in [0.05, 0.1) is 0 Å². The highest BCUT2D eigenvalue weighted by atomic mass is 19.1. The zero-order valence-corrected chi connectivity index (χ0v) is 28.3. The molecule has 6 rings (SSSR count). The average Bonchev–Trinajstić information content (AvgIpc) is 3.90. The minimum absolute atomic E-state index is 0.0343. The third-order valence-electron chi connectivity index (χ3n) is 6.68. The van der Waals surface area contributed by atoms with Crippen molar-refractivity contribution in [2.24, 2.45) is 5.73 Å². The lowest BCUT2D eigenvalue weighted by Gasteiger charge is -1.96. The second-order valence-electron chi connectivity index (χ2n) is 11.0. The average molecular weight is 742 g/mol. The summed E-state index contributed by atoms with van der Waals surface area (Å²) in [6, 6.07) is 18.7. The smallest absolute Gasteiger partial charge is 0.312 e. The molecule has 6 aromatic rings. The Labute approximate surface area is 302 Å². The molecule has 3 aromatic carbocycles. The Balaban J connectivity index is 0.000000180. The summed E-state index contributed by atoms with van der Waals surface area (Å²) in [7, 11) is 0. The fourth-order valence-electron chi connectivity index (χ4n) is 4.06. The maximum atomic E-state index is 12.7. The van der Waals surface area contributed by atoms with Gasteiger partial charge in [0.25, 0.3) is 0 Å². The third-order valence-corrected chi connectivity index (χ3v) is 6.68. The number of aromatic nitrogens is 6. The number of amides is 1. The summed E-state index contributed by atoms with van der Waals surface area (Å²) >= 11 is 0. The van der Waals surface area contributed by atoms with E-state index in [1.165, 1.54) is 12.1 Å². The van der Waals surface area contributed by atoms with Gasteiger partial charge in [-0.2, -0.15) is 15.0 Å². The first-order valence-electron chi connectivity index (χ1n) is 15.4. The quantitative estimate of drug-likeness (QED) is 0.152.